The molecule has 0 fully saturated rings. The largest absolute Gasteiger partial charge is 0.383 e. The van der Waals surface area contributed by atoms with Gasteiger partial charge in [0.15, 0.2) is 0 Å². The average molecular weight is 349 g/mol. The van der Waals surface area contributed by atoms with Crippen LogP contribution in [0.15, 0.2) is 42.5 Å². The van der Waals surface area contributed by atoms with E-state index in [1.165, 1.54) is 0 Å². The van der Waals surface area contributed by atoms with Crippen molar-refractivity contribution in [2.24, 2.45) is 0 Å². The maximum Gasteiger partial charge on any atom is 0.251 e. The Kier molecular flexibility index (Phi) is 5.02. The van der Waals surface area contributed by atoms with Gasteiger partial charge >= 0.3 is 0 Å². The number of aromatic nitrogens is 3. The fourth-order valence-electron chi connectivity index (χ4n) is 2.87. The molecule has 1 amide bonds. The molecule has 4 N–H and O–H groups in total. The lowest BCUT2D eigenvalue weighted by Crippen LogP contribution is -2.34. The molecular weight excluding hydrogens is 326 g/mol. The number of nitrogens with zero attached hydrogens (tertiary/aromatic N) is 2. The zero-order valence-corrected chi connectivity index (χ0v) is 15.2. The fraction of sp³-hybridized carbons (Fsp3) is 0.250. The summed E-state index contributed by atoms with van der Waals surface area (Å²) >= 11 is 0. The molecule has 1 aromatic carbocycles. The van der Waals surface area contributed by atoms with Gasteiger partial charge in [-0.05, 0) is 56.7 Å². The first-order valence-corrected chi connectivity index (χ1v) is 8.57. The molecule has 1 atom stereocenters. The van der Waals surface area contributed by atoms with Crippen LogP contribution in [0.2, 0.25) is 0 Å². The number of rotatable bonds is 5. The smallest absolute Gasteiger partial charge is 0.251 e. The zero-order valence-electron chi connectivity index (χ0n) is 15.2. The molecule has 2 heterocycles. The number of hydrogen-bond donors (Lipinski definition) is 3. The summed E-state index contributed by atoms with van der Waals surface area (Å²) in [6.45, 7) is 5.83. The molecule has 0 saturated carbocycles. The van der Waals surface area contributed by atoms with Gasteiger partial charge in [-0.1, -0.05) is 12.1 Å². The van der Waals surface area contributed by atoms with Crippen LogP contribution in [-0.2, 0) is 6.42 Å². The molecule has 6 nitrogen and oxygen atoms in total. The number of amides is 1. The molecule has 6 heteroatoms. The fourth-order valence-corrected chi connectivity index (χ4v) is 2.87. The van der Waals surface area contributed by atoms with E-state index in [-0.39, 0.29) is 11.9 Å². The third kappa shape index (κ3) is 4.08. The molecule has 0 unspecified atom stereocenters. The molecule has 0 spiro atoms. The number of nitrogens with two attached hydrogens (primary N) is 1. The maximum atomic E-state index is 12.4. The van der Waals surface area contributed by atoms with Gasteiger partial charge in [0, 0.05) is 35.0 Å². The van der Waals surface area contributed by atoms with Crippen LogP contribution >= 0.6 is 0 Å². The molecule has 3 rings (SSSR count). The van der Waals surface area contributed by atoms with Crippen LogP contribution < -0.4 is 11.1 Å². The summed E-state index contributed by atoms with van der Waals surface area (Å²) in [6.07, 6.45) is 0.680. The number of pyridine rings is 1. The number of aryl methyl sites for hydroxylation is 2. The second-order valence-electron chi connectivity index (χ2n) is 6.58. The Morgan fingerprint density at radius 2 is 1.92 bits per heavy atom. The Bertz CT molecular complexity index is 914. The van der Waals surface area contributed by atoms with Gasteiger partial charge in [0.1, 0.15) is 5.82 Å². The summed E-state index contributed by atoms with van der Waals surface area (Å²) in [5.41, 5.74) is 11.2. The zero-order chi connectivity index (χ0) is 18.7. The van der Waals surface area contributed by atoms with Crippen LogP contribution in [0, 0.1) is 13.8 Å². The van der Waals surface area contributed by atoms with Crippen molar-refractivity contribution < 1.29 is 4.79 Å². The quantitative estimate of drug-likeness (QED) is 0.659. The number of nitrogens with one attached hydrogen (secondary N) is 2. The number of benzene rings is 1. The lowest BCUT2D eigenvalue weighted by atomic mass is 10.0. The molecule has 3 aromatic rings. The number of anilines is 1. The van der Waals surface area contributed by atoms with Crippen LogP contribution in [0.1, 0.15) is 34.4 Å². The van der Waals surface area contributed by atoms with Crippen molar-refractivity contribution in [1.29, 1.82) is 0 Å². The lowest BCUT2D eigenvalue weighted by Gasteiger charge is -2.13. The van der Waals surface area contributed by atoms with E-state index in [9.17, 15) is 4.79 Å². The second-order valence-corrected chi connectivity index (χ2v) is 6.58. The summed E-state index contributed by atoms with van der Waals surface area (Å²) < 4.78 is 0. The van der Waals surface area contributed by atoms with E-state index in [4.69, 9.17) is 5.73 Å². The Balaban J connectivity index is 1.66. The van der Waals surface area contributed by atoms with Gasteiger partial charge in [0.2, 0.25) is 0 Å². The predicted molar refractivity (Wildman–Crippen MR) is 103 cm³/mol. The van der Waals surface area contributed by atoms with Gasteiger partial charge in [-0.15, -0.1) is 0 Å². The topological polar surface area (TPSA) is 96.7 Å². The van der Waals surface area contributed by atoms with E-state index < -0.39 is 0 Å². The van der Waals surface area contributed by atoms with Crippen LogP contribution in [0.4, 0.5) is 5.82 Å². The molecule has 2 aromatic heterocycles. The molecule has 134 valence electrons. The SMILES string of the molecule is Cc1ccc(-c2ccc(C(=O)N[C@H](C)Cc3cc(C)[nH]n3)cc2)c(N)n1. The summed E-state index contributed by atoms with van der Waals surface area (Å²) in [4.78, 5) is 16.7. The summed E-state index contributed by atoms with van der Waals surface area (Å²) in [5.74, 6) is 0.386. The van der Waals surface area contributed by atoms with Crippen LogP contribution in [0.25, 0.3) is 11.1 Å². The van der Waals surface area contributed by atoms with E-state index in [2.05, 4.69) is 20.5 Å². The third-order valence-corrected chi connectivity index (χ3v) is 4.17. The minimum Gasteiger partial charge on any atom is -0.383 e. The van der Waals surface area contributed by atoms with Crippen LogP contribution in [0.3, 0.4) is 0 Å². The molecule has 0 radical (unpaired) electrons. The standard InChI is InChI=1S/C20H23N5O/c1-12-4-9-18(19(21)22-12)15-5-7-16(8-6-15)20(26)23-13(2)10-17-11-14(3)24-25-17/h4-9,11,13H,10H2,1-3H3,(H2,21,22)(H,23,26)(H,24,25)/t13-/m1/s1. The molecule has 0 aliphatic carbocycles. The summed E-state index contributed by atoms with van der Waals surface area (Å²) in [6, 6.07) is 13.2. The second kappa shape index (κ2) is 7.39. The summed E-state index contributed by atoms with van der Waals surface area (Å²) in [5, 5.41) is 10.1. The van der Waals surface area contributed by atoms with E-state index in [0.29, 0.717) is 17.8 Å². The van der Waals surface area contributed by atoms with Gasteiger partial charge in [-0.2, -0.15) is 5.10 Å². The molecule has 0 aliphatic heterocycles. The highest BCUT2D eigenvalue weighted by Crippen LogP contribution is 2.24. The maximum absolute atomic E-state index is 12.4. The van der Waals surface area contributed by atoms with Gasteiger partial charge < -0.3 is 11.1 Å². The number of carbonyl (C=O) groups excluding carboxylic acids is 1. The first-order chi connectivity index (χ1) is 12.4. The third-order valence-electron chi connectivity index (χ3n) is 4.17. The Morgan fingerprint density at radius 1 is 1.19 bits per heavy atom. The van der Waals surface area contributed by atoms with Crippen molar-refractivity contribution in [3.8, 4) is 11.1 Å². The molecule has 0 aliphatic rings. The number of H-pyrrole nitrogens is 1. The van der Waals surface area contributed by atoms with E-state index in [1.54, 1.807) is 12.1 Å². The Hall–Kier alpha value is -3.15. The van der Waals surface area contributed by atoms with Gasteiger partial charge in [-0.3, -0.25) is 9.89 Å². The van der Waals surface area contributed by atoms with Crippen molar-refractivity contribution >= 4 is 11.7 Å². The highest BCUT2D eigenvalue weighted by atomic mass is 16.1. The van der Waals surface area contributed by atoms with Crippen LogP contribution in [-0.4, -0.2) is 27.1 Å². The van der Waals surface area contributed by atoms with Crippen molar-refractivity contribution in [2.45, 2.75) is 33.2 Å². The van der Waals surface area contributed by atoms with E-state index in [1.807, 2.05) is 51.1 Å². The normalized spacial score (nSPS) is 12.0. The minimum atomic E-state index is -0.105. The van der Waals surface area contributed by atoms with Crippen LogP contribution in [0.5, 0.6) is 0 Å². The highest BCUT2D eigenvalue weighted by Gasteiger charge is 2.12. The van der Waals surface area contributed by atoms with Gasteiger partial charge in [0.25, 0.3) is 5.91 Å². The first kappa shape index (κ1) is 17.7. The number of hydrogen-bond acceptors (Lipinski definition) is 4. The highest BCUT2D eigenvalue weighted by molar-refractivity contribution is 5.95. The lowest BCUT2D eigenvalue weighted by molar-refractivity contribution is 0.0940. The average Bonchev–Trinajstić information content (AvgIpc) is 2.99. The van der Waals surface area contributed by atoms with Crippen molar-refractivity contribution in [3.63, 3.8) is 0 Å². The number of carbonyl (C=O) groups is 1. The first-order valence-electron chi connectivity index (χ1n) is 8.57. The van der Waals surface area contributed by atoms with Crippen molar-refractivity contribution in [2.75, 3.05) is 5.73 Å². The van der Waals surface area contributed by atoms with Crippen molar-refractivity contribution in [1.82, 2.24) is 20.5 Å². The molecular formula is C20H23N5O. The van der Waals surface area contributed by atoms with E-state index >= 15 is 0 Å². The monoisotopic (exact) mass is 349 g/mol. The molecule has 0 saturated heterocycles. The van der Waals surface area contributed by atoms with E-state index in [0.717, 1.165) is 28.2 Å². The minimum absolute atomic E-state index is 0.0122. The Morgan fingerprint density at radius 3 is 2.54 bits per heavy atom. The van der Waals surface area contributed by atoms with Gasteiger partial charge in [0.05, 0.1) is 5.69 Å². The van der Waals surface area contributed by atoms with Crippen molar-refractivity contribution in [3.05, 3.63) is 65.1 Å². The number of nitrogen functional groups attached to an aromatic ring is 1. The molecule has 26 heavy (non-hydrogen) atoms. The summed E-state index contributed by atoms with van der Waals surface area (Å²) in [7, 11) is 0. The predicted octanol–water partition coefficient (Wildman–Crippen LogP) is 3.03. The molecule has 0 bridgehead atoms. The Labute approximate surface area is 152 Å². The number of aromatic amines is 1. The van der Waals surface area contributed by atoms with Gasteiger partial charge in [-0.25, -0.2) is 4.98 Å².